The van der Waals surface area contributed by atoms with E-state index in [0.717, 1.165) is 64.7 Å². The van der Waals surface area contributed by atoms with Crippen molar-refractivity contribution in [3.8, 4) is 79.5 Å². The highest BCUT2D eigenvalue weighted by Crippen LogP contribution is 2.41. The molecule has 0 unspecified atom stereocenters. The molecule has 0 spiro atoms. The zero-order valence-corrected chi connectivity index (χ0v) is 30.2. The number of nitrogens with zero attached hydrogens (tertiary/aromatic N) is 6. The van der Waals surface area contributed by atoms with Gasteiger partial charge in [0.1, 0.15) is 0 Å². The molecule has 10 rings (SSSR count). The maximum Gasteiger partial charge on any atom is 0.164 e. The molecule has 7 aromatic carbocycles. The second-order valence-electron chi connectivity index (χ2n) is 13.1. The van der Waals surface area contributed by atoms with Crippen LogP contribution in [-0.2, 0) is 0 Å². The predicted molar refractivity (Wildman–Crippen MR) is 224 cm³/mol. The summed E-state index contributed by atoms with van der Waals surface area (Å²) >= 11 is 1.74. The van der Waals surface area contributed by atoms with Crippen LogP contribution in [0.5, 0.6) is 0 Å². The third-order valence-corrected chi connectivity index (χ3v) is 10.7. The maximum atomic E-state index is 5.09. The van der Waals surface area contributed by atoms with Crippen LogP contribution in [-0.4, -0.2) is 29.9 Å². The van der Waals surface area contributed by atoms with Gasteiger partial charge in [0.2, 0.25) is 0 Å². The van der Waals surface area contributed by atoms with Crippen LogP contribution in [0.4, 0.5) is 0 Å². The molecule has 3 heterocycles. The van der Waals surface area contributed by atoms with Crippen LogP contribution in [0.15, 0.2) is 182 Å². The van der Waals surface area contributed by atoms with E-state index in [0.29, 0.717) is 34.9 Å². The van der Waals surface area contributed by atoms with Crippen molar-refractivity contribution in [2.75, 3.05) is 0 Å². The Balaban J connectivity index is 1.11. The van der Waals surface area contributed by atoms with Crippen LogP contribution in [0.2, 0.25) is 0 Å². The minimum atomic E-state index is 0.617. The summed E-state index contributed by atoms with van der Waals surface area (Å²) in [6.45, 7) is 0. The van der Waals surface area contributed by atoms with Crippen LogP contribution >= 0.6 is 11.3 Å². The van der Waals surface area contributed by atoms with Gasteiger partial charge in [0.15, 0.2) is 34.9 Å². The van der Waals surface area contributed by atoms with Gasteiger partial charge in [-0.2, -0.15) is 0 Å². The van der Waals surface area contributed by atoms with Crippen LogP contribution in [0, 0.1) is 0 Å². The molecule has 0 amide bonds. The quantitative estimate of drug-likeness (QED) is 0.163. The Hall–Kier alpha value is -7.22. The SMILES string of the molecule is c1ccc(-c2cccc(-c3nc(-c4ccccc4)nc(-c4ccc5c(c4)sc4cccc(-c6nc(-c7ccccc7)nc(-c7ccccc7)n6)c45)n3)c2)cc1. The standard InChI is InChI=1S/C48H30N6S/c1-5-15-31(16-6-1)35-23-13-24-36(29-35)46-50-43(32-17-7-2-8-18-32)51-47(52-46)37-27-28-38-41(30-37)55-40-26-14-25-39(42(38)40)48-53-44(33-19-9-3-10-20-33)49-45(54-48)34-21-11-4-12-22-34/h1-30H. The van der Waals surface area contributed by atoms with Gasteiger partial charge in [0.25, 0.3) is 0 Å². The summed E-state index contributed by atoms with van der Waals surface area (Å²) in [5.74, 6) is 3.77. The van der Waals surface area contributed by atoms with Gasteiger partial charge in [-0.05, 0) is 29.3 Å². The molecule has 7 heteroatoms. The lowest BCUT2D eigenvalue weighted by Gasteiger charge is -2.10. The smallest absolute Gasteiger partial charge is 0.164 e. The molecule has 55 heavy (non-hydrogen) atoms. The average Bonchev–Trinajstić information content (AvgIpc) is 3.66. The molecule has 3 aromatic heterocycles. The van der Waals surface area contributed by atoms with E-state index in [4.69, 9.17) is 29.9 Å². The van der Waals surface area contributed by atoms with E-state index in [1.54, 1.807) is 11.3 Å². The summed E-state index contributed by atoms with van der Waals surface area (Å²) in [6.07, 6.45) is 0. The average molecular weight is 723 g/mol. The summed E-state index contributed by atoms with van der Waals surface area (Å²) < 4.78 is 2.27. The molecule has 0 atom stereocenters. The molecule has 258 valence electrons. The van der Waals surface area contributed by atoms with Crippen LogP contribution in [0.3, 0.4) is 0 Å². The number of rotatable bonds is 7. The predicted octanol–water partition coefficient (Wildman–Crippen LogP) is 12.1. The number of aromatic nitrogens is 6. The zero-order chi connectivity index (χ0) is 36.6. The van der Waals surface area contributed by atoms with Crippen LogP contribution in [0.1, 0.15) is 0 Å². The second-order valence-corrected chi connectivity index (χ2v) is 14.2. The number of hydrogen-bond donors (Lipinski definition) is 0. The third kappa shape index (κ3) is 6.33. The molecular formula is C48H30N6S. The number of thiophene rings is 1. The first-order valence-electron chi connectivity index (χ1n) is 18.0. The van der Waals surface area contributed by atoms with Gasteiger partial charge in [0.05, 0.1) is 0 Å². The van der Waals surface area contributed by atoms with Crippen molar-refractivity contribution in [1.82, 2.24) is 29.9 Å². The van der Waals surface area contributed by atoms with Crippen LogP contribution < -0.4 is 0 Å². The normalized spacial score (nSPS) is 11.3. The first kappa shape index (κ1) is 32.4. The second kappa shape index (κ2) is 14.0. The van der Waals surface area contributed by atoms with Gasteiger partial charge in [0, 0.05) is 53.6 Å². The summed E-state index contributed by atoms with van der Waals surface area (Å²) in [5.41, 5.74) is 7.86. The van der Waals surface area contributed by atoms with Gasteiger partial charge < -0.3 is 0 Å². The summed E-state index contributed by atoms with van der Waals surface area (Å²) in [6, 6.07) is 61.8. The molecule has 0 aliphatic carbocycles. The molecule has 0 N–H and O–H groups in total. The fourth-order valence-corrected chi connectivity index (χ4v) is 8.07. The van der Waals surface area contributed by atoms with E-state index >= 15 is 0 Å². The van der Waals surface area contributed by atoms with Crippen molar-refractivity contribution in [2.24, 2.45) is 0 Å². The first-order valence-corrected chi connectivity index (χ1v) is 18.9. The zero-order valence-electron chi connectivity index (χ0n) is 29.4. The van der Waals surface area contributed by atoms with Crippen molar-refractivity contribution >= 4 is 31.5 Å². The number of fused-ring (bicyclic) bond motifs is 3. The Morgan fingerprint density at radius 1 is 0.273 bits per heavy atom. The van der Waals surface area contributed by atoms with Gasteiger partial charge in [-0.3, -0.25) is 0 Å². The molecule has 0 bridgehead atoms. The lowest BCUT2D eigenvalue weighted by Crippen LogP contribution is -2.00. The molecule has 0 fully saturated rings. The van der Waals surface area contributed by atoms with E-state index in [9.17, 15) is 0 Å². The first-order chi connectivity index (χ1) is 27.2. The van der Waals surface area contributed by atoms with Gasteiger partial charge in [-0.1, -0.05) is 164 Å². The number of hydrogen-bond acceptors (Lipinski definition) is 7. The van der Waals surface area contributed by atoms with E-state index in [2.05, 4.69) is 84.9 Å². The highest BCUT2D eigenvalue weighted by Gasteiger charge is 2.19. The topological polar surface area (TPSA) is 77.3 Å². The molecule has 0 saturated heterocycles. The Morgan fingerprint density at radius 2 is 0.691 bits per heavy atom. The molecule has 0 radical (unpaired) electrons. The van der Waals surface area contributed by atoms with Crippen molar-refractivity contribution in [2.45, 2.75) is 0 Å². The van der Waals surface area contributed by atoms with Gasteiger partial charge in [-0.15, -0.1) is 11.3 Å². The Morgan fingerprint density at radius 3 is 1.24 bits per heavy atom. The molecule has 6 nitrogen and oxygen atoms in total. The monoisotopic (exact) mass is 722 g/mol. The summed E-state index contributed by atoms with van der Waals surface area (Å²) in [4.78, 5) is 30.2. The van der Waals surface area contributed by atoms with E-state index < -0.39 is 0 Å². The minimum Gasteiger partial charge on any atom is -0.208 e. The van der Waals surface area contributed by atoms with Crippen molar-refractivity contribution in [3.63, 3.8) is 0 Å². The summed E-state index contributed by atoms with van der Waals surface area (Å²) in [5, 5.41) is 2.23. The van der Waals surface area contributed by atoms with Gasteiger partial charge in [-0.25, -0.2) is 29.9 Å². The van der Waals surface area contributed by atoms with E-state index in [1.165, 1.54) is 0 Å². The molecule has 0 aliphatic heterocycles. The molecule has 0 aliphatic rings. The highest BCUT2D eigenvalue weighted by molar-refractivity contribution is 7.26. The molecule has 10 aromatic rings. The third-order valence-electron chi connectivity index (χ3n) is 9.59. The lowest BCUT2D eigenvalue weighted by atomic mass is 10.0. The largest absolute Gasteiger partial charge is 0.208 e. The Bertz CT molecular complexity index is 2910. The fourth-order valence-electron chi connectivity index (χ4n) is 6.90. The summed E-state index contributed by atoms with van der Waals surface area (Å²) in [7, 11) is 0. The fraction of sp³-hybridized carbons (Fsp3) is 0. The van der Waals surface area contributed by atoms with E-state index in [1.807, 2.05) is 97.1 Å². The van der Waals surface area contributed by atoms with Crippen LogP contribution in [0.25, 0.3) is 99.6 Å². The van der Waals surface area contributed by atoms with Crippen molar-refractivity contribution in [1.29, 1.82) is 0 Å². The van der Waals surface area contributed by atoms with Gasteiger partial charge >= 0.3 is 0 Å². The van der Waals surface area contributed by atoms with Crippen molar-refractivity contribution < 1.29 is 0 Å². The molecular weight excluding hydrogens is 693 g/mol. The highest BCUT2D eigenvalue weighted by atomic mass is 32.1. The molecule has 0 saturated carbocycles. The maximum absolute atomic E-state index is 5.09. The minimum absolute atomic E-state index is 0.617. The van der Waals surface area contributed by atoms with Crippen molar-refractivity contribution in [3.05, 3.63) is 182 Å². The Labute approximate surface area is 321 Å². The van der Waals surface area contributed by atoms with E-state index in [-0.39, 0.29) is 0 Å². The number of benzene rings is 7. The lowest BCUT2D eigenvalue weighted by molar-refractivity contribution is 1.07. The Kier molecular flexibility index (Phi) is 8.24.